The number of nitrogens with two attached hydrogens (primary N) is 1. The van der Waals surface area contributed by atoms with Crippen molar-refractivity contribution in [3.8, 4) is 0 Å². The molecule has 18 heavy (non-hydrogen) atoms. The molecule has 2 atom stereocenters. The lowest BCUT2D eigenvalue weighted by Gasteiger charge is -2.26. The van der Waals surface area contributed by atoms with Crippen LogP contribution >= 0.6 is 35.3 Å². The Bertz CT molecular complexity index is 411. The first-order chi connectivity index (χ1) is 8.13. The Balaban J connectivity index is 0.00000162. The molecule has 3 nitrogen and oxygen atoms in total. The van der Waals surface area contributed by atoms with Gasteiger partial charge in [0, 0.05) is 24.0 Å². The van der Waals surface area contributed by atoms with Gasteiger partial charge in [-0.1, -0.05) is 11.6 Å². The lowest BCUT2D eigenvalue weighted by Crippen LogP contribution is -2.41. The quantitative estimate of drug-likeness (QED) is 0.933. The number of hydrogen-bond acceptors (Lipinski definition) is 3. The highest BCUT2D eigenvalue weighted by molar-refractivity contribution is 7.16. The molecule has 1 fully saturated rings. The normalized spacial score (nSPS) is 20.6. The maximum Gasteiger partial charge on any atom is 0.230 e. The Morgan fingerprint density at radius 3 is 2.94 bits per heavy atom. The molecule has 0 saturated carbocycles. The van der Waals surface area contributed by atoms with E-state index in [1.165, 1.54) is 11.3 Å². The van der Waals surface area contributed by atoms with Gasteiger partial charge in [-0.15, -0.1) is 23.7 Å². The van der Waals surface area contributed by atoms with E-state index in [0.29, 0.717) is 6.54 Å². The molecule has 102 valence electrons. The molecule has 0 spiro atoms. The van der Waals surface area contributed by atoms with Gasteiger partial charge in [0.25, 0.3) is 0 Å². The monoisotopic (exact) mass is 308 g/mol. The Morgan fingerprint density at radius 2 is 2.39 bits per heavy atom. The number of likely N-dealkylation sites (tertiary alicyclic amines) is 1. The summed E-state index contributed by atoms with van der Waals surface area (Å²) in [5, 5.41) is 0. The van der Waals surface area contributed by atoms with Crippen LogP contribution in [0.15, 0.2) is 12.1 Å². The summed E-state index contributed by atoms with van der Waals surface area (Å²) < 4.78 is 0.733. The van der Waals surface area contributed by atoms with Crippen LogP contribution in [0.1, 0.15) is 30.6 Å². The van der Waals surface area contributed by atoms with Crippen LogP contribution in [0.3, 0.4) is 0 Å². The van der Waals surface area contributed by atoms with Gasteiger partial charge in [-0.05, 0) is 31.9 Å². The van der Waals surface area contributed by atoms with Crippen molar-refractivity contribution in [3.05, 3.63) is 21.3 Å². The lowest BCUT2D eigenvalue weighted by molar-refractivity contribution is -0.133. The van der Waals surface area contributed by atoms with Crippen LogP contribution in [-0.2, 0) is 4.79 Å². The van der Waals surface area contributed by atoms with Gasteiger partial charge in [0.1, 0.15) is 0 Å². The van der Waals surface area contributed by atoms with Gasteiger partial charge in [0.15, 0.2) is 0 Å². The molecule has 2 unspecified atom stereocenters. The fraction of sp³-hybridized carbons (Fsp3) is 0.583. The van der Waals surface area contributed by atoms with Crippen LogP contribution < -0.4 is 5.73 Å². The summed E-state index contributed by atoms with van der Waals surface area (Å²) >= 11 is 7.38. The number of carbonyl (C=O) groups excluding carboxylic acids is 1. The number of thiophene rings is 1. The summed E-state index contributed by atoms with van der Waals surface area (Å²) in [5.41, 5.74) is 5.69. The number of nitrogens with zero attached hydrogens (tertiary/aromatic N) is 1. The number of halogens is 2. The van der Waals surface area contributed by atoms with Crippen molar-refractivity contribution in [3.63, 3.8) is 0 Å². The van der Waals surface area contributed by atoms with E-state index in [2.05, 4.69) is 0 Å². The zero-order valence-corrected chi connectivity index (χ0v) is 12.7. The van der Waals surface area contributed by atoms with Crippen molar-refractivity contribution in [1.82, 2.24) is 4.90 Å². The van der Waals surface area contributed by atoms with E-state index in [-0.39, 0.29) is 30.3 Å². The largest absolute Gasteiger partial charge is 0.338 e. The highest BCUT2D eigenvalue weighted by Gasteiger charge is 2.31. The van der Waals surface area contributed by atoms with Crippen molar-refractivity contribution in [1.29, 1.82) is 0 Å². The molecule has 0 aliphatic carbocycles. The maximum absolute atomic E-state index is 12.4. The molecular formula is C12H18Cl2N2OS. The average Bonchev–Trinajstić information content (AvgIpc) is 2.95. The van der Waals surface area contributed by atoms with Crippen LogP contribution in [0.2, 0.25) is 4.34 Å². The van der Waals surface area contributed by atoms with Crippen LogP contribution in [0.25, 0.3) is 0 Å². The molecule has 0 radical (unpaired) electrons. The minimum Gasteiger partial charge on any atom is -0.338 e. The Labute approximate surface area is 123 Å². The van der Waals surface area contributed by atoms with Gasteiger partial charge in [0.05, 0.1) is 10.3 Å². The predicted octanol–water partition coefficient (Wildman–Crippen LogP) is 2.88. The third-order valence-corrected chi connectivity index (χ3v) is 4.74. The third kappa shape index (κ3) is 3.18. The van der Waals surface area contributed by atoms with Crippen molar-refractivity contribution >= 4 is 41.3 Å². The van der Waals surface area contributed by atoms with E-state index in [0.717, 1.165) is 28.6 Å². The van der Waals surface area contributed by atoms with Crippen LogP contribution in [-0.4, -0.2) is 29.9 Å². The number of rotatable bonds is 3. The summed E-state index contributed by atoms with van der Waals surface area (Å²) in [6.45, 7) is 3.34. The second-order valence-electron chi connectivity index (χ2n) is 4.43. The molecule has 0 bridgehead atoms. The minimum atomic E-state index is -0.111. The topological polar surface area (TPSA) is 46.3 Å². The Hall–Kier alpha value is -0.290. The average molecular weight is 309 g/mol. The Kier molecular flexibility index (Phi) is 5.92. The maximum atomic E-state index is 12.4. The molecule has 6 heteroatoms. The molecule has 1 aromatic rings. The molecule has 2 heterocycles. The van der Waals surface area contributed by atoms with E-state index >= 15 is 0 Å². The molecule has 1 aliphatic rings. The van der Waals surface area contributed by atoms with E-state index in [1.807, 2.05) is 24.0 Å². The summed E-state index contributed by atoms with van der Waals surface area (Å²) in [6.07, 6.45) is 2.09. The summed E-state index contributed by atoms with van der Waals surface area (Å²) in [5.74, 6) is 0.0658. The standard InChI is InChI=1S/C12H17ClN2OS.ClH/c1-8(10-4-5-11(13)17-10)12(16)15-6-2-3-9(15)7-14;/h4-5,8-9H,2-3,6-7,14H2,1H3;1H. The number of amides is 1. The number of carbonyl (C=O) groups is 1. The predicted molar refractivity (Wildman–Crippen MR) is 78.8 cm³/mol. The van der Waals surface area contributed by atoms with Crippen LogP contribution in [0, 0.1) is 0 Å². The molecular weight excluding hydrogens is 291 g/mol. The highest BCUT2D eigenvalue weighted by atomic mass is 35.5. The van der Waals surface area contributed by atoms with Crippen molar-refractivity contribution in [2.24, 2.45) is 5.73 Å². The van der Waals surface area contributed by atoms with Gasteiger partial charge in [-0.3, -0.25) is 4.79 Å². The van der Waals surface area contributed by atoms with Gasteiger partial charge in [-0.2, -0.15) is 0 Å². The van der Waals surface area contributed by atoms with Gasteiger partial charge in [0.2, 0.25) is 5.91 Å². The van der Waals surface area contributed by atoms with E-state index in [4.69, 9.17) is 17.3 Å². The molecule has 2 rings (SSSR count). The highest BCUT2D eigenvalue weighted by Crippen LogP contribution is 2.30. The Morgan fingerprint density at radius 1 is 1.67 bits per heavy atom. The minimum absolute atomic E-state index is 0. The number of hydrogen-bond donors (Lipinski definition) is 1. The van der Waals surface area contributed by atoms with E-state index in [1.54, 1.807) is 0 Å². The molecule has 1 amide bonds. The molecule has 2 N–H and O–H groups in total. The fourth-order valence-corrected chi connectivity index (χ4v) is 3.41. The van der Waals surface area contributed by atoms with Crippen LogP contribution in [0.4, 0.5) is 0 Å². The first-order valence-electron chi connectivity index (χ1n) is 5.89. The van der Waals surface area contributed by atoms with Crippen LogP contribution in [0.5, 0.6) is 0 Å². The summed E-state index contributed by atoms with van der Waals surface area (Å²) in [4.78, 5) is 15.3. The van der Waals surface area contributed by atoms with Gasteiger partial charge < -0.3 is 10.6 Å². The van der Waals surface area contributed by atoms with Crippen molar-refractivity contribution in [2.45, 2.75) is 31.7 Å². The SMILES string of the molecule is CC(C(=O)N1CCCC1CN)c1ccc(Cl)s1.Cl. The zero-order valence-electron chi connectivity index (χ0n) is 10.3. The van der Waals surface area contributed by atoms with Gasteiger partial charge >= 0.3 is 0 Å². The summed E-state index contributed by atoms with van der Waals surface area (Å²) in [6, 6.07) is 4.00. The lowest BCUT2D eigenvalue weighted by atomic mass is 10.1. The molecule has 1 aromatic heterocycles. The fourth-order valence-electron chi connectivity index (χ4n) is 2.30. The third-order valence-electron chi connectivity index (χ3n) is 3.32. The van der Waals surface area contributed by atoms with Gasteiger partial charge in [-0.25, -0.2) is 0 Å². The van der Waals surface area contributed by atoms with Crippen molar-refractivity contribution < 1.29 is 4.79 Å². The second kappa shape index (κ2) is 6.75. The van der Waals surface area contributed by atoms with E-state index < -0.39 is 0 Å². The molecule has 1 aliphatic heterocycles. The smallest absolute Gasteiger partial charge is 0.230 e. The molecule has 0 aromatic carbocycles. The van der Waals surface area contributed by atoms with Crippen molar-refractivity contribution in [2.75, 3.05) is 13.1 Å². The van der Waals surface area contributed by atoms with E-state index in [9.17, 15) is 4.79 Å². The molecule has 1 saturated heterocycles. The first-order valence-corrected chi connectivity index (χ1v) is 7.08. The summed E-state index contributed by atoms with van der Waals surface area (Å²) in [7, 11) is 0. The zero-order chi connectivity index (χ0) is 12.4. The second-order valence-corrected chi connectivity index (χ2v) is 6.17. The first kappa shape index (κ1) is 15.8.